The Morgan fingerprint density at radius 1 is 1.24 bits per heavy atom. The molecule has 0 aliphatic carbocycles. The van der Waals surface area contributed by atoms with Gasteiger partial charge in [0.2, 0.25) is 0 Å². The molecule has 1 amide bonds. The van der Waals surface area contributed by atoms with Gasteiger partial charge in [-0.25, -0.2) is 14.5 Å². The van der Waals surface area contributed by atoms with Crippen LogP contribution in [0.1, 0.15) is 22.6 Å². The molecule has 1 atom stereocenters. The van der Waals surface area contributed by atoms with Crippen molar-refractivity contribution in [2.45, 2.75) is 19.4 Å². The molecule has 1 aliphatic rings. The molecule has 3 aromatic heterocycles. The van der Waals surface area contributed by atoms with Crippen molar-refractivity contribution < 1.29 is 4.79 Å². The number of aromatic nitrogens is 4. The Labute approximate surface area is 149 Å². The molecule has 7 nitrogen and oxygen atoms in total. The number of carbonyl (C=O) groups excluding carboxylic acids is 1. The highest BCUT2D eigenvalue weighted by atomic mass is 35.5. The molecule has 4 heterocycles. The van der Waals surface area contributed by atoms with E-state index in [1.54, 1.807) is 18.3 Å². The minimum absolute atomic E-state index is 0.0614. The van der Waals surface area contributed by atoms with Gasteiger partial charge >= 0.3 is 0 Å². The molecule has 0 saturated carbocycles. The van der Waals surface area contributed by atoms with Crippen LogP contribution in [-0.4, -0.2) is 44.6 Å². The summed E-state index contributed by atoms with van der Waals surface area (Å²) in [4.78, 5) is 22.8. The Balaban J connectivity index is 1.44. The smallest absolute Gasteiger partial charge is 0.270 e. The molecule has 25 heavy (non-hydrogen) atoms. The maximum atomic E-state index is 12.3. The normalized spacial score (nSPS) is 17.2. The fraction of sp³-hybridized carbons (Fsp3) is 0.294. The highest BCUT2D eigenvalue weighted by Crippen LogP contribution is 2.19. The zero-order chi connectivity index (χ0) is 17.4. The standard InChI is InChI=1S/C17H17ClN6O/c1-11-8-20-15-4-5-16(22-24(11)15)23-7-6-13(10-23)21-17(25)14-3-2-12(18)9-19-14/h2-5,8-9,13H,6-7,10H2,1H3,(H,21,25)/t13-/m0/s1. The molecule has 0 aromatic carbocycles. The minimum Gasteiger partial charge on any atom is -0.353 e. The van der Waals surface area contributed by atoms with E-state index in [1.807, 2.05) is 23.6 Å². The van der Waals surface area contributed by atoms with E-state index < -0.39 is 0 Å². The Hall–Kier alpha value is -2.67. The van der Waals surface area contributed by atoms with E-state index in [0.29, 0.717) is 17.3 Å². The Bertz CT molecular complexity index is 923. The molecular formula is C17H17ClN6O. The van der Waals surface area contributed by atoms with Crippen LogP contribution in [0.2, 0.25) is 5.02 Å². The van der Waals surface area contributed by atoms with Crippen LogP contribution in [0.4, 0.5) is 5.82 Å². The molecule has 128 valence electrons. The van der Waals surface area contributed by atoms with E-state index >= 15 is 0 Å². The van der Waals surface area contributed by atoms with Gasteiger partial charge < -0.3 is 10.2 Å². The maximum Gasteiger partial charge on any atom is 0.270 e. The number of pyridine rings is 1. The summed E-state index contributed by atoms with van der Waals surface area (Å²) in [5, 5.41) is 8.18. The summed E-state index contributed by atoms with van der Waals surface area (Å²) in [7, 11) is 0. The van der Waals surface area contributed by atoms with Gasteiger partial charge in [-0.2, -0.15) is 0 Å². The van der Waals surface area contributed by atoms with Crippen molar-refractivity contribution in [3.05, 3.63) is 53.1 Å². The zero-order valence-electron chi connectivity index (χ0n) is 13.7. The van der Waals surface area contributed by atoms with E-state index in [4.69, 9.17) is 11.6 Å². The van der Waals surface area contributed by atoms with Crippen LogP contribution in [0.3, 0.4) is 0 Å². The van der Waals surface area contributed by atoms with Gasteiger partial charge in [-0.3, -0.25) is 4.79 Å². The fourth-order valence-electron chi connectivity index (χ4n) is 3.00. The second-order valence-electron chi connectivity index (χ2n) is 6.13. The van der Waals surface area contributed by atoms with Crippen LogP contribution in [0.25, 0.3) is 5.65 Å². The second kappa shape index (κ2) is 6.33. The summed E-state index contributed by atoms with van der Waals surface area (Å²) < 4.78 is 1.83. The lowest BCUT2D eigenvalue weighted by Gasteiger charge is -2.18. The number of fused-ring (bicyclic) bond motifs is 1. The first-order valence-electron chi connectivity index (χ1n) is 8.09. The number of aryl methyl sites for hydroxylation is 1. The molecule has 0 bridgehead atoms. The van der Waals surface area contributed by atoms with Gasteiger partial charge in [0.25, 0.3) is 5.91 Å². The lowest BCUT2D eigenvalue weighted by Crippen LogP contribution is -2.37. The number of imidazole rings is 1. The number of carbonyl (C=O) groups is 1. The number of hydrogen-bond donors (Lipinski definition) is 1. The van der Waals surface area contributed by atoms with E-state index in [1.165, 1.54) is 6.20 Å². The van der Waals surface area contributed by atoms with Crippen molar-refractivity contribution in [1.29, 1.82) is 0 Å². The first kappa shape index (κ1) is 15.8. The van der Waals surface area contributed by atoms with E-state index in [0.717, 1.165) is 30.1 Å². The third kappa shape index (κ3) is 3.15. The summed E-state index contributed by atoms with van der Waals surface area (Å²) in [6.07, 6.45) is 4.14. The zero-order valence-corrected chi connectivity index (χ0v) is 14.4. The topological polar surface area (TPSA) is 75.4 Å². The molecule has 4 rings (SSSR count). The number of anilines is 1. The Morgan fingerprint density at radius 2 is 2.12 bits per heavy atom. The van der Waals surface area contributed by atoms with Gasteiger partial charge in [0.1, 0.15) is 11.5 Å². The number of nitrogens with zero attached hydrogens (tertiary/aromatic N) is 5. The van der Waals surface area contributed by atoms with Crippen molar-refractivity contribution >= 4 is 29.0 Å². The van der Waals surface area contributed by atoms with E-state index in [-0.39, 0.29) is 11.9 Å². The van der Waals surface area contributed by atoms with Crippen molar-refractivity contribution in [2.75, 3.05) is 18.0 Å². The SMILES string of the molecule is Cc1cnc2ccc(N3CC[C@H](NC(=O)c4ccc(Cl)cn4)C3)nn12. The number of halogens is 1. The molecule has 0 spiro atoms. The average molecular weight is 357 g/mol. The van der Waals surface area contributed by atoms with Gasteiger partial charge in [-0.05, 0) is 37.6 Å². The van der Waals surface area contributed by atoms with Gasteiger partial charge in [0.15, 0.2) is 5.65 Å². The number of nitrogens with one attached hydrogen (secondary N) is 1. The van der Waals surface area contributed by atoms with Crippen molar-refractivity contribution in [3.8, 4) is 0 Å². The van der Waals surface area contributed by atoms with Crippen molar-refractivity contribution in [2.24, 2.45) is 0 Å². The Kier molecular flexibility index (Phi) is 4.01. The summed E-state index contributed by atoms with van der Waals surface area (Å²) >= 11 is 5.80. The third-order valence-electron chi connectivity index (χ3n) is 4.33. The number of hydrogen-bond acceptors (Lipinski definition) is 5. The number of amides is 1. The summed E-state index contributed by atoms with van der Waals surface area (Å²) in [5.74, 6) is 0.701. The number of rotatable bonds is 3. The molecule has 1 fully saturated rings. The van der Waals surface area contributed by atoms with Gasteiger partial charge in [0, 0.05) is 25.3 Å². The van der Waals surface area contributed by atoms with Crippen LogP contribution >= 0.6 is 11.6 Å². The highest BCUT2D eigenvalue weighted by molar-refractivity contribution is 6.30. The first-order chi connectivity index (χ1) is 12.1. The van der Waals surface area contributed by atoms with E-state index in [9.17, 15) is 4.79 Å². The van der Waals surface area contributed by atoms with Crippen molar-refractivity contribution in [3.63, 3.8) is 0 Å². The van der Waals surface area contributed by atoms with E-state index in [2.05, 4.69) is 25.3 Å². The fourth-order valence-corrected chi connectivity index (χ4v) is 3.11. The largest absolute Gasteiger partial charge is 0.353 e. The first-order valence-corrected chi connectivity index (χ1v) is 8.47. The molecule has 1 N–H and O–H groups in total. The lowest BCUT2D eigenvalue weighted by atomic mass is 10.2. The van der Waals surface area contributed by atoms with Gasteiger partial charge in [-0.15, -0.1) is 5.10 Å². The summed E-state index contributed by atoms with van der Waals surface area (Å²) in [6.45, 7) is 3.53. The molecule has 0 radical (unpaired) electrons. The van der Waals surface area contributed by atoms with Crippen LogP contribution < -0.4 is 10.2 Å². The molecule has 8 heteroatoms. The van der Waals surface area contributed by atoms with Crippen molar-refractivity contribution in [1.82, 2.24) is 24.9 Å². The Morgan fingerprint density at radius 3 is 2.92 bits per heavy atom. The monoisotopic (exact) mass is 356 g/mol. The quantitative estimate of drug-likeness (QED) is 0.777. The van der Waals surface area contributed by atoms with Crippen LogP contribution in [0, 0.1) is 6.92 Å². The minimum atomic E-state index is -0.183. The third-order valence-corrected chi connectivity index (χ3v) is 4.55. The maximum absolute atomic E-state index is 12.3. The lowest BCUT2D eigenvalue weighted by molar-refractivity contribution is 0.0935. The van der Waals surface area contributed by atoms with Gasteiger partial charge in [-0.1, -0.05) is 11.6 Å². The molecule has 3 aromatic rings. The predicted octanol–water partition coefficient (Wildman–Crippen LogP) is 2.09. The van der Waals surface area contributed by atoms with Gasteiger partial charge in [0.05, 0.1) is 16.9 Å². The predicted molar refractivity (Wildman–Crippen MR) is 95.1 cm³/mol. The summed E-state index contributed by atoms with van der Waals surface area (Å²) in [5.41, 5.74) is 2.20. The average Bonchev–Trinajstić information content (AvgIpc) is 3.22. The molecule has 1 aliphatic heterocycles. The highest BCUT2D eigenvalue weighted by Gasteiger charge is 2.26. The van der Waals surface area contributed by atoms with Crippen LogP contribution in [0.15, 0.2) is 36.7 Å². The molecule has 1 saturated heterocycles. The second-order valence-corrected chi connectivity index (χ2v) is 6.56. The van der Waals surface area contributed by atoms with Crippen LogP contribution in [0.5, 0.6) is 0 Å². The van der Waals surface area contributed by atoms with Crippen LogP contribution in [-0.2, 0) is 0 Å². The summed E-state index contributed by atoms with van der Waals surface area (Å²) in [6, 6.07) is 7.27. The molecular weight excluding hydrogens is 340 g/mol. The molecule has 0 unspecified atom stereocenters.